The highest BCUT2D eigenvalue weighted by Gasteiger charge is 2.32. The number of likely N-dealkylation sites (tertiary alicyclic amines) is 1. The molecule has 0 amide bonds. The van der Waals surface area contributed by atoms with Crippen LogP contribution in [0.15, 0.2) is 0 Å². The summed E-state index contributed by atoms with van der Waals surface area (Å²) in [5.41, 5.74) is 0. The van der Waals surface area contributed by atoms with Gasteiger partial charge in [0, 0.05) is 24.7 Å². The minimum atomic E-state index is 0.753. The van der Waals surface area contributed by atoms with E-state index in [0.717, 1.165) is 24.0 Å². The molecular formula is C15H30N2. The average Bonchev–Trinajstić information content (AvgIpc) is 2.71. The number of hydrogen-bond donors (Lipinski definition) is 1. The first-order chi connectivity index (χ1) is 8.24. The third kappa shape index (κ3) is 3.23. The molecule has 2 heterocycles. The third-order valence-electron chi connectivity index (χ3n) is 5.04. The van der Waals surface area contributed by atoms with Crippen LogP contribution >= 0.6 is 0 Å². The van der Waals surface area contributed by atoms with Gasteiger partial charge >= 0.3 is 0 Å². The Balaban J connectivity index is 1.86. The molecule has 2 heteroatoms. The van der Waals surface area contributed by atoms with Gasteiger partial charge in [-0.15, -0.1) is 0 Å². The molecule has 2 fully saturated rings. The maximum absolute atomic E-state index is 3.73. The Kier molecular flexibility index (Phi) is 4.87. The molecule has 2 rings (SSSR count). The predicted octanol–water partition coefficient (Wildman–Crippen LogP) is 3.03. The number of nitrogens with zero attached hydrogens (tertiary/aromatic N) is 1. The quantitative estimate of drug-likeness (QED) is 0.810. The average molecular weight is 238 g/mol. The van der Waals surface area contributed by atoms with Gasteiger partial charge in [-0.2, -0.15) is 0 Å². The molecule has 0 aliphatic carbocycles. The molecule has 0 spiro atoms. The molecule has 17 heavy (non-hydrogen) atoms. The monoisotopic (exact) mass is 238 g/mol. The molecular weight excluding hydrogens is 208 g/mol. The number of piperidine rings is 1. The molecule has 0 bridgehead atoms. The van der Waals surface area contributed by atoms with Crippen molar-refractivity contribution in [2.24, 2.45) is 5.92 Å². The first kappa shape index (κ1) is 13.4. The highest BCUT2D eigenvalue weighted by atomic mass is 15.2. The molecule has 2 saturated heterocycles. The van der Waals surface area contributed by atoms with E-state index in [2.05, 4.69) is 31.0 Å². The molecule has 0 aromatic rings. The van der Waals surface area contributed by atoms with Crippen LogP contribution in [0, 0.1) is 5.92 Å². The molecule has 4 unspecified atom stereocenters. The van der Waals surface area contributed by atoms with Gasteiger partial charge in [0.05, 0.1) is 0 Å². The Labute approximate surface area is 107 Å². The zero-order valence-electron chi connectivity index (χ0n) is 11.9. The van der Waals surface area contributed by atoms with Gasteiger partial charge in [0.1, 0.15) is 0 Å². The van der Waals surface area contributed by atoms with Crippen molar-refractivity contribution in [1.82, 2.24) is 10.2 Å². The van der Waals surface area contributed by atoms with Crippen molar-refractivity contribution in [3.8, 4) is 0 Å². The number of hydrogen-bond acceptors (Lipinski definition) is 2. The van der Waals surface area contributed by atoms with Crippen LogP contribution in [0.4, 0.5) is 0 Å². The fourth-order valence-electron chi connectivity index (χ4n) is 3.75. The summed E-state index contributed by atoms with van der Waals surface area (Å²) in [5, 5.41) is 3.73. The lowest BCUT2D eigenvalue weighted by atomic mass is 9.90. The van der Waals surface area contributed by atoms with Gasteiger partial charge in [-0.25, -0.2) is 0 Å². The molecule has 2 aliphatic heterocycles. The first-order valence-electron chi connectivity index (χ1n) is 7.73. The maximum atomic E-state index is 3.73. The molecule has 1 N–H and O–H groups in total. The summed E-state index contributed by atoms with van der Waals surface area (Å²) in [6.07, 6.45) is 8.30. The van der Waals surface area contributed by atoms with Crippen LogP contribution in [-0.4, -0.2) is 36.1 Å². The highest BCUT2D eigenvalue weighted by Crippen LogP contribution is 2.28. The molecule has 0 saturated carbocycles. The highest BCUT2D eigenvalue weighted by molar-refractivity contribution is 4.89. The smallest absolute Gasteiger partial charge is 0.0197 e. The van der Waals surface area contributed by atoms with Gasteiger partial charge in [-0.05, 0) is 51.5 Å². The van der Waals surface area contributed by atoms with Crippen LogP contribution in [0.1, 0.15) is 59.3 Å². The SMILES string of the molecule is CCC1CCNC(CN2C(C)CCC2CC)C1. The molecule has 0 aromatic heterocycles. The van der Waals surface area contributed by atoms with E-state index in [9.17, 15) is 0 Å². The Morgan fingerprint density at radius 2 is 1.94 bits per heavy atom. The minimum absolute atomic E-state index is 0.753. The Hall–Kier alpha value is -0.0800. The molecule has 2 nitrogen and oxygen atoms in total. The van der Waals surface area contributed by atoms with E-state index in [-0.39, 0.29) is 0 Å². The summed E-state index contributed by atoms with van der Waals surface area (Å²) in [7, 11) is 0. The van der Waals surface area contributed by atoms with Crippen LogP contribution < -0.4 is 5.32 Å². The van der Waals surface area contributed by atoms with E-state index in [4.69, 9.17) is 0 Å². The molecule has 100 valence electrons. The van der Waals surface area contributed by atoms with Crippen molar-refractivity contribution >= 4 is 0 Å². The van der Waals surface area contributed by atoms with Crippen LogP contribution in [0.3, 0.4) is 0 Å². The second-order valence-electron chi connectivity index (χ2n) is 6.13. The Morgan fingerprint density at radius 3 is 2.65 bits per heavy atom. The van der Waals surface area contributed by atoms with Crippen LogP contribution in [0.25, 0.3) is 0 Å². The lowest BCUT2D eigenvalue weighted by molar-refractivity contribution is 0.153. The van der Waals surface area contributed by atoms with E-state index >= 15 is 0 Å². The Bertz CT molecular complexity index is 229. The largest absolute Gasteiger partial charge is 0.313 e. The van der Waals surface area contributed by atoms with Crippen molar-refractivity contribution in [3.63, 3.8) is 0 Å². The molecule has 4 atom stereocenters. The normalized spacial score (nSPS) is 39.7. The van der Waals surface area contributed by atoms with Gasteiger partial charge in [0.15, 0.2) is 0 Å². The van der Waals surface area contributed by atoms with E-state index in [1.165, 1.54) is 51.6 Å². The number of nitrogens with one attached hydrogen (secondary N) is 1. The van der Waals surface area contributed by atoms with E-state index in [1.807, 2.05) is 0 Å². The first-order valence-corrected chi connectivity index (χ1v) is 7.73. The summed E-state index contributed by atoms with van der Waals surface area (Å²) in [6.45, 7) is 9.63. The summed E-state index contributed by atoms with van der Waals surface area (Å²) >= 11 is 0. The van der Waals surface area contributed by atoms with Gasteiger partial charge in [0.25, 0.3) is 0 Å². The van der Waals surface area contributed by atoms with Gasteiger partial charge in [-0.3, -0.25) is 4.90 Å². The van der Waals surface area contributed by atoms with Crippen molar-refractivity contribution in [3.05, 3.63) is 0 Å². The van der Waals surface area contributed by atoms with Crippen LogP contribution in [-0.2, 0) is 0 Å². The lowest BCUT2D eigenvalue weighted by Gasteiger charge is -2.36. The lowest BCUT2D eigenvalue weighted by Crippen LogP contribution is -2.48. The third-order valence-corrected chi connectivity index (χ3v) is 5.04. The van der Waals surface area contributed by atoms with Crippen LogP contribution in [0.5, 0.6) is 0 Å². The summed E-state index contributed by atoms with van der Waals surface area (Å²) in [5.74, 6) is 0.972. The number of rotatable bonds is 4. The zero-order valence-corrected chi connectivity index (χ0v) is 11.9. The summed E-state index contributed by atoms with van der Waals surface area (Å²) in [4.78, 5) is 2.77. The van der Waals surface area contributed by atoms with Gasteiger partial charge < -0.3 is 5.32 Å². The topological polar surface area (TPSA) is 15.3 Å². The van der Waals surface area contributed by atoms with Crippen molar-refractivity contribution in [2.45, 2.75) is 77.4 Å². The fourth-order valence-corrected chi connectivity index (χ4v) is 3.75. The minimum Gasteiger partial charge on any atom is -0.313 e. The van der Waals surface area contributed by atoms with Crippen molar-refractivity contribution < 1.29 is 0 Å². The standard InChI is InChI=1S/C15H30N2/c1-4-13-8-9-16-14(10-13)11-17-12(3)6-7-15(17)5-2/h12-16H,4-11H2,1-3H3. The van der Waals surface area contributed by atoms with Crippen molar-refractivity contribution in [2.75, 3.05) is 13.1 Å². The van der Waals surface area contributed by atoms with Gasteiger partial charge in [0.2, 0.25) is 0 Å². The summed E-state index contributed by atoms with van der Waals surface area (Å²) in [6, 6.07) is 2.42. The van der Waals surface area contributed by atoms with Gasteiger partial charge in [-0.1, -0.05) is 20.3 Å². The second-order valence-corrected chi connectivity index (χ2v) is 6.13. The zero-order chi connectivity index (χ0) is 12.3. The van der Waals surface area contributed by atoms with Crippen molar-refractivity contribution in [1.29, 1.82) is 0 Å². The molecule has 2 aliphatic rings. The Morgan fingerprint density at radius 1 is 1.12 bits per heavy atom. The molecule has 0 radical (unpaired) electrons. The van der Waals surface area contributed by atoms with E-state index in [0.29, 0.717) is 0 Å². The van der Waals surface area contributed by atoms with E-state index < -0.39 is 0 Å². The fraction of sp³-hybridized carbons (Fsp3) is 1.00. The maximum Gasteiger partial charge on any atom is 0.0197 e. The molecule has 0 aromatic carbocycles. The summed E-state index contributed by atoms with van der Waals surface area (Å²) < 4.78 is 0. The van der Waals surface area contributed by atoms with E-state index in [1.54, 1.807) is 0 Å². The predicted molar refractivity (Wildman–Crippen MR) is 74.3 cm³/mol. The van der Waals surface area contributed by atoms with Crippen LogP contribution in [0.2, 0.25) is 0 Å². The second kappa shape index (κ2) is 6.19.